The van der Waals surface area contributed by atoms with Crippen LogP contribution in [0.5, 0.6) is 0 Å². The smallest absolute Gasteiger partial charge is 0.243 e. The lowest BCUT2D eigenvalue weighted by molar-refractivity contribution is -0.142. The molecule has 1 aliphatic rings. The second-order valence-electron chi connectivity index (χ2n) is 12.3. The molecule has 2 aromatic rings. The second-order valence-corrected chi connectivity index (χ2v) is 13.5. The third kappa shape index (κ3) is 10.6. The van der Waals surface area contributed by atoms with E-state index in [1.807, 2.05) is 57.5 Å². The average molecular weight is 621 g/mol. The molecule has 2 heterocycles. The fraction of sp³-hybridized carbons (Fsp3) is 0.656. The van der Waals surface area contributed by atoms with Crippen molar-refractivity contribution in [1.29, 1.82) is 0 Å². The molecule has 8 nitrogen and oxygen atoms in total. The van der Waals surface area contributed by atoms with Crippen molar-refractivity contribution in [3.05, 3.63) is 41.0 Å². The third-order valence-corrected chi connectivity index (χ3v) is 8.82. The summed E-state index contributed by atoms with van der Waals surface area (Å²) >= 11 is 7.22. The number of nitrogens with one attached hydrogen (secondary N) is 2. The molecule has 0 bridgehead atoms. The van der Waals surface area contributed by atoms with Gasteiger partial charge < -0.3 is 25.4 Å². The van der Waals surface area contributed by atoms with Crippen LogP contribution in [0, 0.1) is 12.3 Å². The summed E-state index contributed by atoms with van der Waals surface area (Å²) in [6.07, 6.45) is 6.14. The minimum atomic E-state index is -0.715. The Labute approximate surface area is 260 Å². The van der Waals surface area contributed by atoms with Gasteiger partial charge in [-0.2, -0.15) is 0 Å². The number of ether oxygens (including phenoxy) is 1. The maximum Gasteiger partial charge on any atom is 0.243 e. The van der Waals surface area contributed by atoms with Crippen LogP contribution in [0.4, 0.5) is 0 Å². The van der Waals surface area contributed by atoms with Crippen LogP contribution in [-0.2, 0) is 20.9 Å². The Kier molecular flexibility index (Phi) is 14.2. The maximum atomic E-state index is 13.8. The van der Waals surface area contributed by atoms with Crippen LogP contribution in [0.25, 0.3) is 10.4 Å². The van der Waals surface area contributed by atoms with Gasteiger partial charge in [0.05, 0.1) is 34.8 Å². The average Bonchev–Trinajstić information content (AvgIpc) is 3.57. The Hall–Kier alpha value is -2.04. The highest BCUT2D eigenvalue weighted by molar-refractivity contribution is 7.13. The van der Waals surface area contributed by atoms with Crippen molar-refractivity contribution >= 4 is 34.8 Å². The number of likely N-dealkylation sites (tertiary alicyclic amines) is 1. The van der Waals surface area contributed by atoms with Crippen molar-refractivity contribution in [1.82, 2.24) is 20.5 Å². The maximum absolute atomic E-state index is 13.8. The lowest BCUT2D eigenvalue weighted by atomic mass is 9.85. The molecule has 10 heteroatoms. The van der Waals surface area contributed by atoms with Gasteiger partial charge in [0.1, 0.15) is 6.04 Å². The zero-order chi connectivity index (χ0) is 30.5. The van der Waals surface area contributed by atoms with E-state index in [9.17, 15) is 14.7 Å². The number of β-amino-alcohol motifs (C(OH)–C–C–N with tert-alkyl or cyclic N) is 1. The van der Waals surface area contributed by atoms with Crippen LogP contribution in [-0.4, -0.2) is 77.2 Å². The highest BCUT2D eigenvalue weighted by Crippen LogP contribution is 2.28. The molecular weight excluding hydrogens is 572 g/mol. The monoisotopic (exact) mass is 620 g/mol. The number of benzene rings is 1. The molecule has 1 aromatic carbocycles. The highest BCUT2D eigenvalue weighted by atomic mass is 35.5. The molecule has 0 spiro atoms. The van der Waals surface area contributed by atoms with Gasteiger partial charge in [0.15, 0.2) is 0 Å². The molecular formula is C32H49ClN4O4S. The Morgan fingerprint density at radius 1 is 1.12 bits per heavy atom. The number of nitrogens with zero attached hydrogens (tertiary/aromatic N) is 2. The molecule has 1 aliphatic heterocycles. The number of aryl methyl sites for hydroxylation is 1. The minimum absolute atomic E-state index is 0.125. The number of aliphatic hydroxyl groups excluding tert-OH is 1. The molecule has 42 heavy (non-hydrogen) atoms. The molecule has 0 unspecified atom stereocenters. The molecule has 0 radical (unpaired) electrons. The van der Waals surface area contributed by atoms with Crippen molar-refractivity contribution in [3.8, 4) is 10.4 Å². The van der Waals surface area contributed by atoms with E-state index in [0.717, 1.165) is 67.0 Å². The summed E-state index contributed by atoms with van der Waals surface area (Å²) in [4.78, 5) is 34.0. The third-order valence-electron chi connectivity index (χ3n) is 7.69. The summed E-state index contributed by atoms with van der Waals surface area (Å²) in [7, 11) is 0. The number of hydrogen-bond donors (Lipinski definition) is 3. The quantitative estimate of drug-likeness (QED) is 0.164. The Morgan fingerprint density at radius 2 is 1.81 bits per heavy atom. The van der Waals surface area contributed by atoms with E-state index in [1.165, 1.54) is 6.42 Å². The lowest BCUT2D eigenvalue weighted by Gasteiger charge is -2.35. The number of aliphatic hydroxyl groups is 1. The predicted octanol–water partition coefficient (Wildman–Crippen LogP) is 5.30. The fourth-order valence-electron chi connectivity index (χ4n) is 5.33. The van der Waals surface area contributed by atoms with Crippen molar-refractivity contribution < 1.29 is 19.4 Å². The number of hydrogen-bond acceptors (Lipinski definition) is 7. The summed E-state index contributed by atoms with van der Waals surface area (Å²) in [5.41, 5.74) is 4.58. The van der Waals surface area contributed by atoms with Gasteiger partial charge in [0, 0.05) is 32.0 Å². The largest absolute Gasteiger partial charge is 0.391 e. The van der Waals surface area contributed by atoms with E-state index in [4.69, 9.17) is 16.3 Å². The summed E-state index contributed by atoms with van der Waals surface area (Å²) in [6, 6.07) is 6.94. The fourth-order valence-corrected chi connectivity index (χ4v) is 6.26. The number of thiazole rings is 1. The Bertz CT molecular complexity index is 1100. The van der Waals surface area contributed by atoms with Gasteiger partial charge in [-0.15, -0.1) is 22.9 Å². The van der Waals surface area contributed by atoms with Gasteiger partial charge in [-0.3, -0.25) is 9.59 Å². The van der Waals surface area contributed by atoms with Crippen molar-refractivity contribution in [2.45, 2.75) is 97.4 Å². The van der Waals surface area contributed by atoms with E-state index in [-0.39, 0.29) is 30.2 Å². The summed E-state index contributed by atoms with van der Waals surface area (Å²) in [5.74, 6) is 0.185. The number of amides is 2. The van der Waals surface area contributed by atoms with Gasteiger partial charge in [-0.1, -0.05) is 70.7 Å². The van der Waals surface area contributed by atoms with Gasteiger partial charge in [-0.25, -0.2) is 4.98 Å². The van der Waals surface area contributed by atoms with Crippen molar-refractivity contribution in [3.63, 3.8) is 0 Å². The normalized spacial score (nSPS) is 17.9. The van der Waals surface area contributed by atoms with Gasteiger partial charge in [0.25, 0.3) is 0 Å². The molecule has 1 aromatic heterocycles. The Morgan fingerprint density at radius 3 is 2.45 bits per heavy atom. The van der Waals surface area contributed by atoms with E-state index in [1.54, 1.807) is 16.2 Å². The summed E-state index contributed by atoms with van der Waals surface area (Å²) < 4.78 is 5.41. The van der Waals surface area contributed by atoms with Crippen LogP contribution < -0.4 is 10.6 Å². The number of rotatable bonds is 17. The van der Waals surface area contributed by atoms with Crippen molar-refractivity contribution in [2.24, 2.45) is 5.41 Å². The topological polar surface area (TPSA) is 104 Å². The zero-order valence-electron chi connectivity index (χ0n) is 25.7. The van der Waals surface area contributed by atoms with E-state index < -0.39 is 18.2 Å². The first-order chi connectivity index (χ1) is 20.1. The van der Waals surface area contributed by atoms with Gasteiger partial charge in [0.2, 0.25) is 11.8 Å². The van der Waals surface area contributed by atoms with E-state index >= 15 is 0 Å². The number of halogens is 1. The molecule has 1 fully saturated rings. The lowest BCUT2D eigenvalue weighted by Crippen LogP contribution is -2.56. The van der Waals surface area contributed by atoms with E-state index in [2.05, 4.69) is 15.6 Å². The number of unbranched alkanes of at least 4 members (excludes halogenated alkanes) is 5. The molecule has 0 saturated carbocycles. The predicted molar refractivity (Wildman–Crippen MR) is 171 cm³/mol. The molecule has 3 N–H and O–H groups in total. The molecule has 234 valence electrons. The second kappa shape index (κ2) is 17.3. The first-order valence-corrected chi connectivity index (χ1v) is 16.7. The first kappa shape index (κ1) is 34.5. The highest BCUT2D eigenvalue weighted by Gasteiger charge is 2.43. The van der Waals surface area contributed by atoms with Gasteiger partial charge >= 0.3 is 0 Å². The molecule has 3 atom stereocenters. The number of aromatic nitrogens is 1. The van der Waals surface area contributed by atoms with Crippen LogP contribution in [0.1, 0.15) is 77.0 Å². The van der Waals surface area contributed by atoms with E-state index in [0.29, 0.717) is 19.0 Å². The molecule has 2 amide bonds. The van der Waals surface area contributed by atoms with Crippen LogP contribution in [0.3, 0.4) is 0 Å². The van der Waals surface area contributed by atoms with Crippen LogP contribution in [0.15, 0.2) is 29.8 Å². The molecule has 3 rings (SSSR count). The van der Waals surface area contributed by atoms with Crippen LogP contribution in [0.2, 0.25) is 0 Å². The minimum Gasteiger partial charge on any atom is -0.391 e. The number of carbonyl (C=O) groups excluding carboxylic acids is 2. The molecule has 1 saturated heterocycles. The summed E-state index contributed by atoms with van der Waals surface area (Å²) in [5, 5.41) is 16.9. The van der Waals surface area contributed by atoms with Crippen LogP contribution >= 0.6 is 22.9 Å². The summed E-state index contributed by atoms with van der Waals surface area (Å²) in [6.45, 7) is 10.8. The van der Waals surface area contributed by atoms with Crippen molar-refractivity contribution in [2.75, 3.05) is 32.2 Å². The Balaban J connectivity index is 1.48. The molecule has 0 aliphatic carbocycles. The number of alkyl halides is 1. The zero-order valence-corrected chi connectivity index (χ0v) is 27.2. The first-order valence-electron chi connectivity index (χ1n) is 15.2. The standard InChI is InChI=1S/C32H49ClN4O4S/c1-23-28(42-22-36-23)25-13-11-24(12-14-25)20-35-30(39)27-19-26(38)21-37(27)31(40)29(32(2,3)4)34-16-9-7-5-6-8-10-17-41-18-15-33/h11-14,22,26-27,29,34,38H,5-10,15-21H2,1-4H3,(H,35,39)/t26-,27+,29-/m1/s1. The van der Waals surface area contributed by atoms with Gasteiger partial charge in [-0.05, 0) is 42.9 Å². The number of carbonyl (C=O) groups is 2. The SMILES string of the molecule is Cc1ncsc1-c1ccc(CNC(=O)[C@@H]2C[C@@H](O)CN2C(=O)[C@@H](NCCCCCCCCOCCCl)C(C)(C)C)cc1.